The summed E-state index contributed by atoms with van der Waals surface area (Å²) in [6.07, 6.45) is 2.52. The minimum atomic E-state index is 0.200. The Morgan fingerprint density at radius 1 is 1.20 bits per heavy atom. The zero-order valence-electron chi connectivity index (χ0n) is 12.1. The molecule has 1 aromatic carbocycles. The molecule has 0 radical (unpaired) electrons. The molecule has 3 rings (SSSR count). The van der Waals surface area contributed by atoms with E-state index in [1.165, 1.54) is 18.4 Å². The number of piperazine rings is 1. The lowest BCUT2D eigenvalue weighted by molar-refractivity contribution is -0.120. The molecule has 1 unspecified atom stereocenters. The van der Waals surface area contributed by atoms with Gasteiger partial charge < -0.3 is 10.2 Å². The predicted molar refractivity (Wildman–Crippen MR) is 81.1 cm³/mol. The van der Waals surface area contributed by atoms with Gasteiger partial charge in [0.2, 0.25) is 5.91 Å². The van der Waals surface area contributed by atoms with E-state index in [2.05, 4.69) is 34.5 Å². The van der Waals surface area contributed by atoms with Crippen molar-refractivity contribution in [2.24, 2.45) is 0 Å². The summed E-state index contributed by atoms with van der Waals surface area (Å²) in [5.74, 6) is 0.826. The highest BCUT2D eigenvalue weighted by Crippen LogP contribution is 2.26. The van der Waals surface area contributed by atoms with Gasteiger partial charge >= 0.3 is 0 Å². The molecule has 2 heterocycles. The quantitative estimate of drug-likeness (QED) is 0.885. The predicted octanol–water partition coefficient (Wildman–Crippen LogP) is 1.43. The van der Waals surface area contributed by atoms with Crippen LogP contribution in [0, 0.1) is 0 Å². The highest BCUT2D eigenvalue weighted by Gasteiger charge is 2.23. The lowest BCUT2D eigenvalue weighted by Gasteiger charge is -2.32. The first-order valence-electron chi connectivity index (χ1n) is 7.53. The van der Waals surface area contributed by atoms with Crippen molar-refractivity contribution in [3.63, 3.8) is 0 Å². The number of carbonyl (C=O) groups is 1. The van der Waals surface area contributed by atoms with Gasteiger partial charge in [-0.1, -0.05) is 12.1 Å². The first-order chi connectivity index (χ1) is 9.74. The molecule has 4 heteroatoms. The summed E-state index contributed by atoms with van der Waals surface area (Å²) in [5.41, 5.74) is 2.43. The topological polar surface area (TPSA) is 35.6 Å². The average molecular weight is 273 g/mol. The fourth-order valence-electron chi connectivity index (χ4n) is 3.13. The number of hydrogen-bond donors (Lipinski definition) is 1. The van der Waals surface area contributed by atoms with Crippen molar-refractivity contribution >= 4 is 11.6 Å². The van der Waals surface area contributed by atoms with Gasteiger partial charge in [0.1, 0.15) is 0 Å². The number of hydrogen-bond acceptors (Lipinski definition) is 3. The van der Waals surface area contributed by atoms with Gasteiger partial charge in [0, 0.05) is 25.3 Å². The Balaban J connectivity index is 1.70. The Hall–Kier alpha value is -1.39. The summed E-state index contributed by atoms with van der Waals surface area (Å²) >= 11 is 0. The molecule has 0 spiro atoms. The number of nitrogens with one attached hydrogen (secondary N) is 1. The van der Waals surface area contributed by atoms with Gasteiger partial charge in [0.15, 0.2) is 0 Å². The zero-order valence-corrected chi connectivity index (χ0v) is 12.1. The normalized spacial score (nSPS) is 24.9. The third-order valence-corrected chi connectivity index (χ3v) is 4.38. The summed E-state index contributed by atoms with van der Waals surface area (Å²) in [5, 5.41) is 3.45. The van der Waals surface area contributed by atoms with Gasteiger partial charge in [-0.25, -0.2) is 0 Å². The summed E-state index contributed by atoms with van der Waals surface area (Å²) < 4.78 is 0. The molecule has 1 N–H and O–H groups in total. The van der Waals surface area contributed by atoms with Crippen LogP contribution >= 0.6 is 0 Å². The molecular weight excluding hydrogens is 250 g/mol. The van der Waals surface area contributed by atoms with Crippen LogP contribution in [0.4, 0.5) is 5.69 Å². The van der Waals surface area contributed by atoms with E-state index >= 15 is 0 Å². The molecule has 2 saturated heterocycles. The number of nitrogens with zero attached hydrogens (tertiary/aromatic N) is 2. The maximum absolute atomic E-state index is 12.1. The van der Waals surface area contributed by atoms with Gasteiger partial charge in [0.25, 0.3) is 0 Å². The lowest BCUT2D eigenvalue weighted by Crippen LogP contribution is -2.48. The van der Waals surface area contributed by atoms with Crippen LogP contribution in [-0.4, -0.2) is 50.6 Å². The Kier molecular flexibility index (Phi) is 4.03. The third-order valence-electron chi connectivity index (χ3n) is 4.38. The summed E-state index contributed by atoms with van der Waals surface area (Å²) in [6.45, 7) is 4.48. The summed E-state index contributed by atoms with van der Waals surface area (Å²) in [7, 11) is 1.99. The molecule has 1 amide bonds. The molecule has 0 saturated carbocycles. The first kappa shape index (κ1) is 13.6. The molecule has 1 aromatic rings. The van der Waals surface area contributed by atoms with Crippen molar-refractivity contribution < 1.29 is 4.79 Å². The Labute approximate surface area is 120 Å². The molecule has 4 nitrogen and oxygen atoms in total. The van der Waals surface area contributed by atoms with Crippen molar-refractivity contribution in [1.29, 1.82) is 0 Å². The summed E-state index contributed by atoms with van der Waals surface area (Å²) in [6, 6.07) is 8.59. The minimum Gasteiger partial charge on any atom is -0.316 e. The molecule has 0 aliphatic carbocycles. The van der Waals surface area contributed by atoms with E-state index in [0.717, 1.165) is 31.9 Å². The van der Waals surface area contributed by atoms with Crippen LogP contribution in [0.2, 0.25) is 0 Å². The second kappa shape index (κ2) is 5.94. The highest BCUT2D eigenvalue weighted by molar-refractivity contribution is 5.95. The number of carbonyl (C=O) groups excluding carboxylic acids is 1. The van der Waals surface area contributed by atoms with Crippen molar-refractivity contribution in [2.45, 2.75) is 18.8 Å². The smallest absolute Gasteiger partial charge is 0.241 e. The van der Waals surface area contributed by atoms with E-state index in [-0.39, 0.29) is 5.91 Å². The standard InChI is InChI=1S/C16H23N3O/c1-18-9-10-19(16(20)12-18)15-6-4-13(5-7-15)14-3-2-8-17-11-14/h4-7,14,17H,2-3,8-12H2,1H3. The second-order valence-corrected chi connectivity index (χ2v) is 5.92. The van der Waals surface area contributed by atoms with E-state index in [1.807, 2.05) is 11.9 Å². The summed E-state index contributed by atoms with van der Waals surface area (Å²) in [4.78, 5) is 16.0. The molecule has 2 fully saturated rings. The van der Waals surface area contributed by atoms with Crippen molar-refractivity contribution in [2.75, 3.05) is 44.7 Å². The van der Waals surface area contributed by atoms with Crippen molar-refractivity contribution in [3.05, 3.63) is 29.8 Å². The second-order valence-electron chi connectivity index (χ2n) is 5.92. The Morgan fingerprint density at radius 3 is 2.65 bits per heavy atom. The Bertz CT molecular complexity index is 465. The molecule has 1 atom stereocenters. The fourth-order valence-corrected chi connectivity index (χ4v) is 3.13. The van der Waals surface area contributed by atoms with Crippen LogP contribution in [0.25, 0.3) is 0 Å². The van der Waals surface area contributed by atoms with Gasteiger partial charge in [-0.3, -0.25) is 9.69 Å². The molecule has 2 aliphatic rings. The van der Waals surface area contributed by atoms with Crippen molar-refractivity contribution in [1.82, 2.24) is 10.2 Å². The molecule has 2 aliphatic heterocycles. The molecule has 108 valence electrons. The van der Waals surface area contributed by atoms with Gasteiger partial charge in [0.05, 0.1) is 6.54 Å². The van der Waals surface area contributed by atoms with E-state index < -0.39 is 0 Å². The number of anilines is 1. The zero-order chi connectivity index (χ0) is 13.9. The monoisotopic (exact) mass is 273 g/mol. The van der Waals surface area contributed by atoms with Crippen LogP contribution in [-0.2, 0) is 4.79 Å². The maximum Gasteiger partial charge on any atom is 0.241 e. The average Bonchev–Trinajstić information content (AvgIpc) is 2.48. The lowest BCUT2D eigenvalue weighted by atomic mass is 9.91. The molecular formula is C16H23N3O. The van der Waals surface area contributed by atoms with E-state index in [9.17, 15) is 4.79 Å². The SMILES string of the molecule is CN1CCN(c2ccc(C3CCCNC3)cc2)C(=O)C1. The third kappa shape index (κ3) is 2.86. The number of piperidine rings is 1. The molecule has 0 bridgehead atoms. The van der Waals surface area contributed by atoms with Crippen LogP contribution in [0.3, 0.4) is 0 Å². The molecule has 0 aromatic heterocycles. The van der Waals surface area contributed by atoms with Gasteiger partial charge in [-0.05, 0) is 50.0 Å². The van der Waals surface area contributed by atoms with E-state index in [0.29, 0.717) is 12.5 Å². The number of likely N-dealkylation sites (N-methyl/N-ethyl adjacent to an activating group) is 1. The fraction of sp³-hybridized carbons (Fsp3) is 0.562. The maximum atomic E-state index is 12.1. The largest absolute Gasteiger partial charge is 0.316 e. The molecule has 20 heavy (non-hydrogen) atoms. The number of benzene rings is 1. The van der Waals surface area contributed by atoms with Gasteiger partial charge in [-0.15, -0.1) is 0 Å². The van der Waals surface area contributed by atoms with Gasteiger partial charge in [-0.2, -0.15) is 0 Å². The van der Waals surface area contributed by atoms with E-state index in [4.69, 9.17) is 0 Å². The van der Waals surface area contributed by atoms with Crippen LogP contribution < -0.4 is 10.2 Å². The first-order valence-corrected chi connectivity index (χ1v) is 7.53. The van der Waals surface area contributed by atoms with E-state index in [1.54, 1.807) is 0 Å². The van der Waals surface area contributed by atoms with Crippen LogP contribution in [0.1, 0.15) is 24.3 Å². The van der Waals surface area contributed by atoms with Crippen LogP contribution in [0.5, 0.6) is 0 Å². The Morgan fingerprint density at radius 2 is 2.00 bits per heavy atom. The minimum absolute atomic E-state index is 0.200. The highest BCUT2D eigenvalue weighted by atomic mass is 16.2. The number of rotatable bonds is 2. The number of amides is 1. The van der Waals surface area contributed by atoms with Crippen LogP contribution in [0.15, 0.2) is 24.3 Å². The van der Waals surface area contributed by atoms with Crippen molar-refractivity contribution in [3.8, 4) is 0 Å².